The van der Waals surface area contributed by atoms with E-state index in [1.54, 1.807) is 0 Å². The largest absolute Gasteiger partial charge is 0.467 e. The summed E-state index contributed by atoms with van der Waals surface area (Å²) in [7, 11) is 1.27. The molecule has 1 aliphatic rings. The summed E-state index contributed by atoms with van der Waals surface area (Å²) in [5.41, 5.74) is 0.0507. The van der Waals surface area contributed by atoms with Gasteiger partial charge in [0, 0.05) is 12.6 Å². The Morgan fingerprint density at radius 1 is 1.53 bits per heavy atom. The number of nitrogens with zero attached hydrogens (tertiary/aromatic N) is 1. The molecule has 3 nitrogen and oxygen atoms in total. The van der Waals surface area contributed by atoms with Gasteiger partial charge < -0.3 is 9.64 Å². The van der Waals surface area contributed by atoms with E-state index in [0.29, 0.717) is 13.0 Å². The minimum Gasteiger partial charge on any atom is -0.467 e. The van der Waals surface area contributed by atoms with Crippen molar-refractivity contribution in [1.82, 2.24) is 0 Å². The van der Waals surface area contributed by atoms with Crippen LogP contribution in [0.4, 0.5) is 14.5 Å². The fraction of sp³-hybridized carbons (Fsp3) is 0.364. The first-order chi connectivity index (χ1) is 8.04. The second kappa shape index (κ2) is 4.49. The van der Waals surface area contributed by atoms with Gasteiger partial charge in [0.05, 0.1) is 17.8 Å². The molecule has 1 atom stereocenters. The van der Waals surface area contributed by atoms with Gasteiger partial charge in [-0.15, -0.1) is 0 Å². The molecule has 6 heteroatoms. The Labute approximate surface area is 102 Å². The molecule has 0 aromatic heterocycles. The molecule has 1 heterocycles. The number of halogens is 3. The van der Waals surface area contributed by atoms with Crippen molar-refractivity contribution in [3.05, 3.63) is 28.8 Å². The van der Waals surface area contributed by atoms with Gasteiger partial charge in [-0.05, 0) is 12.5 Å². The standard InChI is InChI=1S/C11H10ClF2NO2/c1-17-11(16)9-2-3-15(9)10-7(12)4-6(13)5-8(10)14/h4-5,9H,2-3H2,1H3. The molecular weight excluding hydrogens is 252 g/mol. The maximum atomic E-state index is 13.6. The lowest BCUT2D eigenvalue weighted by atomic mass is 10.0. The average molecular weight is 262 g/mol. The Morgan fingerprint density at radius 3 is 2.71 bits per heavy atom. The van der Waals surface area contributed by atoms with E-state index in [-0.39, 0.29) is 10.7 Å². The zero-order chi connectivity index (χ0) is 12.6. The maximum absolute atomic E-state index is 13.6. The van der Waals surface area contributed by atoms with E-state index in [2.05, 4.69) is 4.74 Å². The van der Waals surface area contributed by atoms with Gasteiger partial charge in [0.2, 0.25) is 0 Å². The SMILES string of the molecule is COC(=O)C1CCN1c1c(F)cc(F)cc1Cl. The molecule has 1 saturated heterocycles. The average Bonchev–Trinajstić information content (AvgIpc) is 2.21. The van der Waals surface area contributed by atoms with Gasteiger partial charge >= 0.3 is 5.97 Å². The molecule has 0 bridgehead atoms. The number of ether oxygens (including phenoxy) is 1. The predicted molar refractivity (Wildman–Crippen MR) is 59.1 cm³/mol. The Morgan fingerprint density at radius 2 is 2.24 bits per heavy atom. The summed E-state index contributed by atoms with van der Waals surface area (Å²) in [6.45, 7) is 0.488. The number of esters is 1. The number of carbonyl (C=O) groups is 1. The normalized spacial score (nSPS) is 18.8. The first-order valence-corrected chi connectivity index (χ1v) is 5.41. The highest BCUT2D eigenvalue weighted by Gasteiger charge is 2.37. The third kappa shape index (κ3) is 2.07. The van der Waals surface area contributed by atoms with Crippen LogP contribution in [0.3, 0.4) is 0 Å². The molecule has 0 spiro atoms. The Balaban J connectivity index is 2.32. The summed E-state index contributed by atoms with van der Waals surface area (Å²) in [6.07, 6.45) is 0.569. The lowest BCUT2D eigenvalue weighted by Gasteiger charge is -2.41. The van der Waals surface area contributed by atoms with Gasteiger partial charge in [0.25, 0.3) is 0 Å². The van der Waals surface area contributed by atoms with Crippen LogP contribution >= 0.6 is 11.6 Å². The van der Waals surface area contributed by atoms with Crippen LogP contribution in [0.25, 0.3) is 0 Å². The molecule has 1 aromatic rings. The second-order valence-corrected chi connectivity index (χ2v) is 4.15. The molecule has 92 valence electrons. The summed E-state index contributed by atoms with van der Waals surface area (Å²) in [5.74, 6) is -1.97. The first-order valence-electron chi connectivity index (χ1n) is 5.03. The number of hydrogen-bond acceptors (Lipinski definition) is 3. The van der Waals surface area contributed by atoms with E-state index < -0.39 is 23.6 Å². The van der Waals surface area contributed by atoms with Gasteiger partial charge in [0.1, 0.15) is 11.9 Å². The Hall–Kier alpha value is -1.36. The summed E-state index contributed by atoms with van der Waals surface area (Å²) in [5, 5.41) is -0.0453. The van der Waals surface area contributed by atoms with E-state index in [1.807, 2.05) is 0 Å². The smallest absolute Gasteiger partial charge is 0.328 e. The number of methoxy groups -OCH3 is 1. The maximum Gasteiger partial charge on any atom is 0.328 e. The molecule has 1 unspecified atom stereocenters. The van der Waals surface area contributed by atoms with Gasteiger partial charge in [-0.25, -0.2) is 13.6 Å². The van der Waals surface area contributed by atoms with Crippen molar-refractivity contribution >= 4 is 23.3 Å². The molecule has 0 saturated carbocycles. The first kappa shape index (κ1) is 12.1. The van der Waals surface area contributed by atoms with Crippen molar-refractivity contribution < 1.29 is 18.3 Å². The lowest BCUT2D eigenvalue weighted by Crippen LogP contribution is -2.53. The van der Waals surface area contributed by atoms with Gasteiger partial charge in [-0.2, -0.15) is 0 Å². The van der Waals surface area contributed by atoms with Crippen LogP contribution < -0.4 is 4.90 Å². The van der Waals surface area contributed by atoms with Crippen molar-refractivity contribution in [2.24, 2.45) is 0 Å². The van der Waals surface area contributed by atoms with Crippen molar-refractivity contribution in [1.29, 1.82) is 0 Å². The predicted octanol–water partition coefficient (Wildman–Crippen LogP) is 2.37. The zero-order valence-corrected chi connectivity index (χ0v) is 9.80. The molecule has 0 N–H and O–H groups in total. The number of rotatable bonds is 2. The van der Waals surface area contributed by atoms with E-state index >= 15 is 0 Å². The molecule has 0 radical (unpaired) electrons. The Kier molecular flexibility index (Phi) is 3.19. The summed E-state index contributed by atoms with van der Waals surface area (Å²) in [4.78, 5) is 12.8. The van der Waals surface area contributed by atoms with Gasteiger partial charge in [-0.3, -0.25) is 0 Å². The minimum atomic E-state index is -0.774. The van der Waals surface area contributed by atoms with Crippen molar-refractivity contribution in [3.8, 4) is 0 Å². The van der Waals surface area contributed by atoms with Crippen LogP contribution in [0.5, 0.6) is 0 Å². The topological polar surface area (TPSA) is 29.5 Å². The van der Waals surface area contributed by atoms with Gasteiger partial charge in [0.15, 0.2) is 5.82 Å². The van der Waals surface area contributed by atoms with Crippen LogP contribution in [0.1, 0.15) is 6.42 Å². The molecule has 2 rings (SSSR count). The molecule has 1 aromatic carbocycles. The van der Waals surface area contributed by atoms with Gasteiger partial charge in [-0.1, -0.05) is 11.6 Å². The number of benzene rings is 1. The van der Waals surface area contributed by atoms with Crippen LogP contribution in [0.2, 0.25) is 5.02 Å². The molecule has 0 amide bonds. The highest BCUT2D eigenvalue weighted by molar-refractivity contribution is 6.33. The highest BCUT2D eigenvalue weighted by Crippen LogP contribution is 2.36. The summed E-state index contributed by atoms with van der Waals surface area (Å²) < 4.78 is 31.1. The molecular formula is C11H10ClF2NO2. The second-order valence-electron chi connectivity index (χ2n) is 3.74. The quantitative estimate of drug-likeness (QED) is 0.766. The van der Waals surface area contributed by atoms with E-state index in [1.165, 1.54) is 12.0 Å². The van der Waals surface area contributed by atoms with Crippen molar-refractivity contribution in [3.63, 3.8) is 0 Å². The van der Waals surface area contributed by atoms with Crippen LogP contribution in [-0.2, 0) is 9.53 Å². The third-order valence-corrected chi connectivity index (χ3v) is 3.05. The van der Waals surface area contributed by atoms with Crippen LogP contribution in [0, 0.1) is 11.6 Å². The van der Waals surface area contributed by atoms with Crippen molar-refractivity contribution in [2.75, 3.05) is 18.6 Å². The third-order valence-electron chi connectivity index (χ3n) is 2.76. The van der Waals surface area contributed by atoms with E-state index in [9.17, 15) is 13.6 Å². The van der Waals surface area contributed by atoms with Crippen LogP contribution in [-0.4, -0.2) is 25.7 Å². The molecule has 1 fully saturated rings. The molecule has 17 heavy (non-hydrogen) atoms. The van der Waals surface area contributed by atoms with Crippen molar-refractivity contribution in [2.45, 2.75) is 12.5 Å². The van der Waals surface area contributed by atoms with E-state index in [4.69, 9.17) is 11.6 Å². The van der Waals surface area contributed by atoms with E-state index in [0.717, 1.165) is 12.1 Å². The number of hydrogen-bond donors (Lipinski definition) is 0. The zero-order valence-electron chi connectivity index (χ0n) is 9.04. The Bertz CT molecular complexity index is 444. The lowest BCUT2D eigenvalue weighted by molar-refractivity contribution is -0.143. The molecule has 0 aliphatic carbocycles. The summed E-state index contributed by atoms with van der Waals surface area (Å²) in [6, 6.07) is 1.22. The molecule has 1 aliphatic heterocycles. The fourth-order valence-corrected chi connectivity index (χ4v) is 2.15. The number of anilines is 1. The summed E-state index contributed by atoms with van der Waals surface area (Å²) >= 11 is 5.78. The fourth-order valence-electron chi connectivity index (χ4n) is 1.85. The van der Waals surface area contributed by atoms with Crippen LogP contribution in [0.15, 0.2) is 12.1 Å². The monoisotopic (exact) mass is 261 g/mol. The minimum absolute atomic E-state index is 0.0453. The number of carbonyl (C=O) groups excluding carboxylic acids is 1. The highest BCUT2D eigenvalue weighted by atomic mass is 35.5.